The standard InChI is InChI=1S/C13H18.C2H6.C2H2/c1-11(2)9-12(3)10-13-7-5-4-6-8-13;2*1-2/h4-8,12H,1,9-10H2,2-3H3;1-2H3;1-2H. The molecule has 1 atom stereocenters. The first-order valence-electron chi connectivity index (χ1n) is 6.20. The Labute approximate surface area is 108 Å². The Hall–Kier alpha value is -1.48. The minimum atomic E-state index is 0.708. The monoisotopic (exact) mass is 230 g/mol. The first-order valence-corrected chi connectivity index (χ1v) is 6.20. The molecule has 1 aromatic rings. The number of hydrogen-bond acceptors (Lipinski definition) is 0. The van der Waals surface area contributed by atoms with E-state index in [4.69, 9.17) is 0 Å². The Morgan fingerprint density at radius 3 is 2.06 bits per heavy atom. The van der Waals surface area contributed by atoms with Gasteiger partial charge in [0.25, 0.3) is 0 Å². The summed E-state index contributed by atoms with van der Waals surface area (Å²) in [7, 11) is 0. The molecular formula is C17H26. The molecular weight excluding hydrogens is 204 g/mol. The van der Waals surface area contributed by atoms with Crippen molar-refractivity contribution >= 4 is 0 Å². The molecule has 0 nitrogen and oxygen atoms in total. The molecule has 0 fully saturated rings. The van der Waals surface area contributed by atoms with Crippen molar-refractivity contribution < 1.29 is 0 Å². The van der Waals surface area contributed by atoms with Crippen molar-refractivity contribution in [2.75, 3.05) is 0 Å². The number of benzene rings is 1. The van der Waals surface area contributed by atoms with E-state index in [2.05, 4.69) is 63.6 Å². The smallest absolute Gasteiger partial charge is 0.0250 e. The van der Waals surface area contributed by atoms with Gasteiger partial charge < -0.3 is 0 Å². The van der Waals surface area contributed by atoms with Crippen LogP contribution in [0.4, 0.5) is 0 Å². The van der Waals surface area contributed by atoms with Crippen LogP contribution in [0.1, 0.15) is 39.7 Å². The highest BCUT2D eigenvalue weighted by atomic mass is 14.1. The molecule has 0 saturated carbocycles. The minimum Gasteiger partial charge on any atom is -0.124 e. The number of rotatable bonds is 4. The number of terminal acetylenes is 1. The molecule has 0 spiro atoms. The summed E-state index contributed by atoms with van der Waals surface area (Å²) in [5.74, 6) is 0.708. The summed E-state index contributed by atoms with van der Waals surface area (Å²) in [6.07, 6.45) is 10.3. The number of hydrogen-bond donors (Lipinski definition) is 0. The lowest BCUT2D eigenvalue weighted by Crippen LogP contribution is -1.99. The van der Waals surface area contributed by atoms with Crippen LogP contribution in [-0.4, -0.2) is 0 Å². The molecule has 0 aliphatic carbocycles. The fourth-order valence-corrected chi connectivity index (χ4v) is 1.68. The molecule has 0 heteroatoms. The third-order valence-electron chi connectivity index (χ3n) is 2.12. The first-order chi connectivity index (χ1) is 8.18. The zero-order chi connectivity index (χ0) is 13.7. The van der Waals surface area contributed by atoms with Gasteiger partial charge in [-0.05, 0) is 31.2 Å². The van der Waals surface area contributed by atoms with Crippen molar-refractivity contribution in [2.24, 2.45) is 5.92 Å². The second kappa shape index (κ2) is 12.6. The second-order valence-corrected chi connectivity index (χ2v) is 3.96. The maximum absolute atomic E-state index is 4.00. The average Bonchev–Trinajstić information content (AvgIpc) is 2.34. The minimum absolute atomic E-state index is 0.708. The van der Waals surface area contributed by atoms with E-state index in [-0.39, 0.29) is 0 Å². The summed E-state index contributed by atoms with van der Waals surface area (Å²) >= 11 is 0. The van der Waals surface area contributed by atoms with Crippen molar-refractivity contribution in [3.8, 4) is 12.8 Å². The van der Waals surface area contributed by atoms with Gasteiger partial charge in [-0.15, -0.1) is 19.4 Å². The van der Waals surface area contributed by atoms with Gasteiger partial charge in [0.15, 0.2) is 0 Å². The van der Waals surface area contributed by atoms with Crippen LogP contribution >= 0.6 is 0 Å². The molecule has 0 radical (unpaired) electrons. The fourth-order valence-electron chi connectivity index (χ4n) is 1.68. The topological polar surface area (TPSA) is 0 Å². The van der Waals surface area contributed by atoms with Crippen molar-refractivity contribution in [1.82, 2.24) is 0 Å². The van der Waals surface area contributed by atoms with Crippen molar-refractivity contribution in [3.05, 3.63) is 48.0 Å². The molecule has 17 heavy (non-hydrogen) atoms. The van der Waals surface area contributed by atoms with Crippen molar-refractivity contribution in [2.45, 2.75) is 40.5 Å². The average molecular weight is 230 g/mol. The molecule has 0 aliphatic rings. The van der Waals surface area contributed by atoms with Gasteiger partial charge in [-0.2, -0.15) is 0 Å². The third-order valence-corrected chi connectivity index (χ3v) is 2.12. The van der Waals surface area contributed by atoms with Gasteiger partial charge in [0, 0.05) is 0 Å². The van der Waals surface area contributed by atoms with Crippen molar-refractivity contribution in [1.29, 1.82) is 0 Å². The van der Waals surface area contributed by atoms with E-state index in [1.54, 1.807) is 0 Å². The van der Waals surface area contributed by atoms with Crippen LogP contribution in [0.2, 0.25) is 0 Å². The quantitative estimate of drug-likeness (QED) is 0.498. The highest BCUT2D eigenvalue weighted by molar-refractivity contribution is 5.15. The molecule has 1 rings (SSSR count). The summed E-state index contributed by atoms with van der Waals surface area (Å²) in [5, 5.41) is 0. The lowest BCUT2D eigenvalue weighted by molar-refractivity contribution is 0.575. The Morgan fingerprint density at radius 1 is 1.18 bits per heavy atom. The van der Waals surface area contributed by atoms with Gasteiger partial charge in [0.05, 0.1) is 0 Å². The molecule has 0 amide bonds. The predicted octanol–water partition coefficient (Wildman–Crippen LogP) is 5.11. The summed E-state index contributed by atoms with van der Waals surface area (Å²) < 4.78 is 0. The lowest BCUT2D eigenvalue weighted by Gasteiger charge is -2.10. The normalized spacial score (nSPS) is 10.0. The second-order valence-electron chi connectivity index (χ2n) is 3.96. The van der Waals surface area contributed by atoms with Crippen LogP contribution in [0.25, 0.3) is 0 Å². The predicted molar refractivity (Wildman–Crippen MR) is 80.0 cm³/mol. The van der Waals surface area contributed by atoms with Crippen molar-refractivity contribution in [3.63, 3.8) is 0 Å². The summed E-state index contributed by atoms with van der Waals surface area (Å²) in [6.45, 7) is 12.3. The zero-order valence-corrected chi connectivity index (χ0v) is 11.7. The lowest BCUT2D eigenvalue weighted by atomic mass is 9.95. The van der Waals surface area contributed by atoms with Crippen LogP contribution in [0.5, 0.6) is 0 Å². The Kier molecular flexibility index (Phi) is 13.3. The Bertz CT molecular complexity index is 292. The summed E-state index contributed by atoms with van der Waals surface area (Å²) in [4.78, 5) is 0. The Morgan fingerprint density at radius 2 is 1.65 bits per heavy atom. The van der Waals surface area contributed by atoms with Gasteiger partial charge in [-0.3, -0.25) is 0 Å². The van der Waals surface area contributed by atoms with Crippen LogP contribution < -0.4 is 0 Å². The van der Waals surface area contributed by atoms with E-state index < -0.39 is 0 Å². The first kappa shape index (κ1) is 17.9. The highest BCUT2D eigenvalue weighted by Crippen LogP contribution is 2.14. The maximum atomic E-state index is 4.00. The highest BCUT2D eigenvalue weighted by Gasteiger charge is 2.02. The summed E-state index contributed by atoms with van der Waals surface area (Å²) in [6, 6.07) is 10.6. The van der Waals surface area contributed by atoms with Crippen LogP contribution in [0.3, 0.4) is 0 Å². The van der Waals surface area contributed by atoms with E-state index >= 15 is 0 Å². The molecule has 0 N–H and O–H groups in total. The molecule has 0 saturated heterocycles. The molecule has 0 aromatic heterocycles. The molecule has 0 heterocycles. The molecule has 1 aromatic carbocycles. The molecule has 0 aliphatic heterocycles. The Balaban J connectivity index is 0. The zero-order valence-electron chi connectivity index (χ0n) is 11.7. The number of allylic oxidation sites excluding steroid dienone is 1. The molecule has 0 bridgehead atoms. The van der Waals surface area contributed by atoms with Crippen LogP contribution in [0.15, 0.2) is 42.5 Å². The van der Waals surface area contributed by atoms with E-state index in [0.717, 1.165) is 12.8 Å². The van der Waals surface area contributed by atoms with Gasteiger partial charge in [-0.25, -0.2) is 0 Å². The van der Waals surface area contributed by atoms with E-state index in [0.29, 0.717) is 5.92 Å². The largest absolute Gasteiger partial charge is 0.124 e. The fraction of sp³-hybridized carbons (Fsp3) is 0.412. The summed E-state index contributed by atoms with van der Waals surface area (Å²) in [5.41, 5.74) is 2.71. The van der Waals surface area contributed by atoms with Gasteiger partial charge >= 0.3 is 0 Å². The molecule has 1 unspecified atom stereocenters. The SMILES string of the molecule is C#C.C=C(C)CC(C)Cc1ccccc1.CC. The van der Waals surface area contributed by atoms with Crippen LogP contribution in [-0.2, 0) is 6.42 Å². The van der Waals surface area contributed by atoms with Crippen LogP contribution in [0, 0.1) is 18.8 Å². The van der Waals surface area contributed by atoms with Gasteiger partial charge in [0.2, 0.25) is 0 Å². The maximum Gasteiger partial charge on any atom is -0.0250 e. The third kappa shape index (κ3) is 10.8. The van der Waals surface area contributed by atoms with E-state index in [1.807, 2.05) is 13.8 Å². The van der Waals surface area contributed by atoms with Gasteiger partial charge in [-0.1, -0.05) is 56.7 Å². The van der Waals surface area contributed by atoms with E-state index in [9.17, 15) is 0 Å². The van der Waals surface area contributed by atoms with E-state index in [1.165, 1.54) is 11.1 Å². The van der Waals surface area contributed by atoms with Gasteiger partial charge in [0.1, 0.15) is 0 Å². The molecule has 94 valence electrons.